The van der Waals surface area contributed by atoms with Gasteiger partial charge in [-0.3, -0.25) is 4.79 Å². The third-order valence-electron chi connectivity index (χ3n) is 4.31. The van der Waals surface area contributed by atoms with E-state index in [4.69, 9.17) is 17.1 Å². The Balaban J connectivity index is 2.29. The molecule has 162 valence electrons. The highest BCUT2D eigenvalue weighted by Crippen LogP contribution is 2.29. The third-order valence-corrected chi connectivity index (χ3v) is 4.57. The summed E-state index contributed by atoms with van der Waals surface area (Å²) in [6.45, 7) is 6.50. The fraction of sp³-hybridized carbons (Fsp3) is 0.368. The molecule has 0 saturated heterocycles. The standard InChI is InChI=1S/C19H22ClF3N6O/c1-10(2)16(26-14-7-5-13(20)6-8-14)17(28-24)27-18(30)11(3)29-9-15(19(21,22)23)25-12(29)4/h5-11,24,26H,1-4H3,(H,27,30)/b17-16-,28-24?. The van der Waals surface area contributed by atoms with E-state index in [-0.39, 0.29) is 17.6 Å². The molecule has 0 fully saturated rings. The van der Waals surface area contributed by atoms with Crippen molar-refractivity contribution in [2.45, 2.75) is 39.9 Å². The summed E-state index contributed by atoms with van der Waals surface area (Å²) in [5.41, 5.74) is 7.54. The molecule has 11 heteroatoms. The van der Waals surface area contributed by atoms with Gasteiger partial charge in [-0.1, -0.05) is 25.4 Å². The number of benzene rings is 1. The Bertz CT molecular complexity index is 950. The molecule has 0 aliphatic rings. The van der Waals surface area contributed by atoms with Crippen LogP contribution in [-0.2, 0) is 11.0 Å². The second-order valence-corrected chi connectivity index (χ2v) is 7.34. The van der Waals surface area contributed by atoms with E-state index >= 15 is 0 Å². The molecule has 3 N–H and O–H groups in total. The van der Waals surface area contributed by atoms with Crippen LogP contribution in [-0.4, -0.2) is 15.5 Å². The second-order valence-electron chi connectivity index (χ2n) is 6.90. The summed E-state index contributed by atoms with van der Waals surface area (Å²) in [7, 11) is 0. The van der Waals surface area contributed by atoms with E-state index in [2.05, 4.69) is 20.7 Å². The van der Waals surface area contributed by atoms with Gasteiger partial charge in [0, 0.05) is 16.9 Å². The van der Waals surface area contributed by atoms with Crippen molar-refractivity contribution < 1.29 is 18.0 Å². The average molecular weight is 443 g/mol. The summed E-state index contributed by atoms with van der Waals surface area (Å²) < 4.78 is 39.8. The van der Waals surface area contributed by atoms with E-state index in [1.165, 1.54) is 13.8 Å². The van der Waals surface area contributed by atoms with Gasteiger partial charge in [-0.05, 0) is 44.0 Å². The molecule has 1 aromatic carbocycles. The molecular weight excluding hydrogens is 421 g/mol. The molecule has 0 bridgehead atoms. The molecular formula is C19H22ClF3N6O. The number of allylic oxidation sites excluding steroid dienone is 1. The van der Waals surface area contributed by atoms with Crippen LogP contribution in [0.3, 0.4) is 0 Å². The highest BCUT2D eigenvalue weighted by atomic mass is 35.5. The van der Waals surface area contributed by atoms with Gasteiger partial charge >= 0.3 is 6.18 Å². The molecule has 1 unspecified atom stereocenters. The van der Waals surface area contributed by atoms with Crippen molar-refractivity contribution >= 4 is 23.2 Å². The normalized spacial score (nSPS) is 13.6. The highest BCUT2D eigenvalue weighted by molar-refractivity contribution is 6.30. The first-order valence-electron chi connectivity index (χ1n) is 9.01. The van der Waals surface area contributed by atoms with E-state index in [1.54, 1.807) is 24.3 Å². The van der Waals surface area contributed by atoms with Crippen molar-refractivity contribution in [3.05, 3.63) is 58.5 Å². The number of carbonyl (C=O) groups excluding carboxylic acids is 1. The van der Waals surface area contributed by atoms with E-state index < -0.39 is 23.8 Å². The maximum absolute atomic E-state index is 12.9. The number of hydrogen-bond donors (Lipinski definition) is 3. The number of halogens is 4. The van der Waals surface area contributed by atoms with Crippen LogP contribution >= 0.6 is 11.6 Å². The van der Waals surface area contributed by atoms with Crippen LogP contribution in [0.2, 0.25) is 5.02 Å². The Labute approximate surface area is 176 Å². The van der Waals surface area contributed by atoms with E-state index in [0.717, 1.165) is 10.8 Å². The smallest absolute Gasteiger partial charge is 0.356 e. The van der Waals surface area contributed by atoms with Crippen molar-refractivity contribution in [1.82, 2.24) is 14.9 Å². The molecule has 0 radical (unpaired) electrons. The number of amides is 1. The molecule has 7 nitrogen and oxygen atoms in total. The van der Waals surface area contributed by atoms with Gasteiger partial charge in [-0.2, -0.15) is 13.2 Å². The van der Waals surface area contributed by atoms with Gasteiger partial charge in [0.1, 0.15) is 11.9 Å². The number of anilines is 1. The number of aryl methyl sites for hydroxylation is 1. The maximum atomic E-state index is 12.9. The summed E-state index contributed by atoms with van der Waals surface area (Å²) >= 11 is 5.88. The number of nitrogens with one attached hydrogen (secondary N) is 3. The lowest BCUT2D eigenvalue weighted by Gasteiger charge is -2.20. The minimum Gasteiger partial charge on any atom is -0.356 e. The quantitative estimate of drug-likeness (QED) is 0.493. The van der Waals surface area contributed by atoms with Gasteiger partial charge in [-0.25, -0.2) is 10.5 Å². The van der Waals surface area contributed by atoms with Crippen LogP contribution in [0.5, 0.6) is 0 Å². The number of aromatic nitrogens is 2. The molecule has 2 rings (SSSR count). The van der Waals surface area contributed by atoms with Gasteiger partial charge in [-0.15, -0.1) is 5.11 Å². The van der Waals surface area contributed by atoms with E-state index in [0.29, 0.717) is 16.4 Å². The molecule has 1 atom stereocenters. The molecule has 1 amide bonds. The molecule has 1 aromatic heterocycles. The minimum atomic E-state index is -4.61. The minimum absolute atomic E-state index is 0.0365. The zero-order valence-corrected chi connectivity index (χ0v) is 17.6. The SMILES string of the molecule is Cc1nc(C(F)(F)F)cn1C(C)C(=O)N/C(N=N)=C(/Nc1ccc(Cl)cc1)C(C)C. The Kier molecular flexibility index (Phi) is 7.25. The van der Waals surface area contributed by atoms with Crippen LogP contribution in [0, 0.1) is 18.4 Å². The van der Waals surface area contributed by atoms with E-state index in [9.17, 15) is 18.0 Å². The zero-order valence-electron chi connectivity index (χ0n) is 16.8. The van der Waals surface area contributed by atoms with E-state index in [1.807, 2.05) is 13.8 Å². The number of hydrogen-bond acceptors (Lipinski definition) is 5. The predicted octanol–water partition coefficient (Wildman–Crippen LogP) is 5.51. The number of rotatable bonds is 7. The molecule has 0 saturated carbocycles. The Morgan fingerprint density at radius 3 is 2.30 bits per heavy atom. The topological polar surface area (TPSA) is 95.2 Å². The van der Waals surface area contributed by atoms with Crippen LogP contribution in [0.4, 0.5) is 18.9 Å². The fourth-order valence-electron chi connectivity index (χ4n) is 2.68. The first-order valence-corrected chi connectivity index (χ1v) is 9.39. The summed E-state index contributed by atoms with van der Waals surface area (Å²) in [4.78, 5) is 16.2. The predicted molar refractivity (Wildman–Crippen MR) is 107 cm³/mol. The molecule has 0 aliphatic carbocycles. The molecule has 30 heavy (non-hydrogen) atoms. The Hall–Kier alpha value is -2.88. The van der Waals surface area contributed by atoms with Crippen molar-refractivity contribution in [3.63, 3.8) is 0 Å². The van der Waals surface area contributed by atoms with Crippen LogP contribution in [0.15, 0.2) is 47.1 Å². The first kappa shape index (κ1) is 23.4. The van der Waals surface area contributed by atoms with Crippen molar-refractivity contribution in [2.24, 2.45) is 11.0 Å². The maximum Gasteiger partial charge on any atom is 0.434 e. The van der Waals surface area contributed by atoms with Gasteiger partial charge < -0.3 is 15.2 Å². The van der Waals surface area contributed by atoms with Crippen LogP contribution in [0.1, 0.15) is 38.3 Å². The molecule has 0 spiro atoms. The second kappa shape index (κ2) is 9.29. The summed E-state index contributed by atoms with van der Waals surface area (Å²) in [5, 5.41) is 9.59. The van der Waals surface area contributed by atoms with Crippen LogP contribution < -0.4 is 10.6 Å². The Morgan fingerprint density at radius 2 is 1.83 bits per heavy atom. The highest BCUT2D eigenvalue weighted by Gasteiger charge is 2.35. The van der Waals surface area contributed by atoms with Gasteiger partial charge in [0.2, 0.25) is 5.91 Å². The number of carbonyl (C=O) groups is 1. The number of nitrogens with zero attached hydrogens (tertiary/aromatic N) is 3. The number of imidazole rings is 1. The number of alkyl halides is 3. The molecule has 2 aromatic rings. The third kappa shape index (κ3) is 5.59. The summed E-state index contributed by atoms with van der Waals surface area (Å²) in [5.74, 6) is -0.772. The van der Waals surface area contributed by atoms with Crippen LogP contribution in [0.25, 0.3) is 0 Å². The van der Waals surface area contributed by atoms with Crippen molar-refractivity contribution in [3.8, 4) is 0 Å². The van der Waals surface area contributed by atoms with Gasteiger partial charge in [0.15, 0.2) is 11.5 Å². The van der Waals surface area contributed by atoms with Gasteiger partial charge in [0.05, 0.1) is 5.70 Å². The largest absolute Gasteiger partial charge is 0.434 e. The first-order chi connectivity index (χ1) is 13.9. The monoisotopic (exact) mass is 442 g/mol. The lowest BCUT2D eigenvalue weighted by molar-refractivity contribution is -0.141. The lowest BCUT2D eigenvalue weighted by atomic mass is 10.1. The Morgan fingerprint density at radius 1 is 1.23 bits per heavy atom. The zero-order chi connectivity index (χ0) is 22.6. The van der Waals surface area contributed by atoms with Crippen molar-refractivity contribution in [2.75, 3.05) is 5.32 Å². The average Bonchev–Trinajstić information content (AvgIpc) is 3.07. The van der Waals surface area contributed by atoms with Crippen molar-refractivity contribution in [1.29, 1.82) is 5.53 Å². The fourth-order valence-corrected chi connectivity index (χ4v) is 2.81. The molecule has 0 aliphatic heterocycles. The van der Waals surface area contributed by atoms with Gasteiger partial charge in [0.25, 0.3) is 0 Å². The molecule has 1 heterocycles. The lowest BCUT2D eigenvalue weighted by Crippen LogP contribution is -2.32. The summed E-state index contributed by atoms with van der Waals surface area (Å²) in [6.07, 6.45) is -3.82. The summed E-state index contributed by atoms with van der Waals surface area (Å²) in [6, 6.07) is 5.81.